The Labute approximate surface area is 176 Å². The molecule has 0 spiro atoms. The lowest BCUT2D eigenvalue weighted by Crippen LogP contribution is -2.48. The predicted molar refractivity (Wildman–Crippen MR) is 119 cm³/mol. The van der Waals surface area contributed by atoms with Gasteiger partial charge in [-0.15, -0.1) is 0 Å². The van der Waals surface area contributed by atoms with Crippen molar-refractivity contribution >= 4 is 22.4 Å². The Kier molecular flexibility index (Phi) is 4.64. The number of benzene rings is 1. The van der Waals surface area contributed by atoms with Crippen molar-refractivity contribution in [1.82, 2.24) is 24.9 Å². The van der Waals surface area contributed by atoms with Gasteiger partial charge in [0.25, 0.3) is 5.91 Å². The molecule has 1 aromatic carbocycles. The van der Waals surface area contributed by atoms with Crippen LogP contribution < -0.4 is 5.32 Å². The molecule has 0 aliphatic carbocycles. The van der Waals surface area contributed by atoms with Gasteiger partial charge in [-0.25, -0.2) is 0 Å². The third kappa shape index (κ3) is 3.39. The largest absolute Gasteiger partial charge is 0.368 e. The maximum atomic E-state index is 13.2. The average Bonchev–Trinajstić information content (AvgIpc) is 3.12. The van der Waals surface area contributed by atoms with Gasteiger partial charge in [0.05, 0.1) is 17.4 Å². The summed E-state index contributed by atoms with van der Waals surface area (Å²) in [6.07, 6.45) is 15.6. The fraction of sp³-hybridized carbons (Fsp3) is 0.250. The lowest BCUT2D eigenvalue weighted by atomic mass is 10.0. The SMILES string of the molecule is C[C@H]1CN(C2=CN3C(=O)/C=C(c4ccc5c(cnn5C)c4)\C=C\C=C3C=C2)CCN1. The summed E-state index contributed by atoms with van der Waals surface area (Å²) in [6, 6.07) is 6.60. The Hall–Kier alpha value is -3.38. The molecule has 2 aromatic rings. The Balaban J connectivity index is 1.47. The average molecular weight is 399 g/mol. The highest BCUT2D eigenvalue weighted by atomic mass is 16.2. The zero-order valence-electron chi connectivity index (χ0n) is 17.2. The van der Waals surface area contributed by atoms with Crippen LogP contribution in [0.25, 0.3) is 16.5 Å². The summed E-state index contributed by atoms with van der Waals surface area (Å²) >= 11 is 0. The third-order valence-electron chi connectivity index (χ3n) is 5.84. The number of rotatable bonds is 2. The van der Waals surface area contributed by atoms with E-state index in [-0.39, 0.29) is 5.91 Å². The Morgan fingerprint density at radius 3 is 2.90 bits per heavy atom. The minimum atomic E-state index is -0.0445. The zero-order chi connectivity index (χ0) is 20.7. The highest BCUT2D eigenvalue weighted by molar-refractivity contribution is 6.00. The molecule has 1 aromatic heterocycles. The lowest BCUT2D eigenvalue weighted by Gasteiger charge is -2.36. The molecule has 1 fully saturated rings. The van der Waals surface area contributed by atoms with Crippen molar-refractivity contribution in [1.29, 1.82) is 0 Å². The van der Waals surface area contributed by atoms with E-state index in [9.17, 15) is 4.79 Å². The van der Waals surface area contributed by atoms with Gasteiger partial charge in [0.15, 0.2) is 0 Å². The Morgan fingerprint density at radius 2 is 2.03 bits per heavy atom. The van der Waals surface area contributed by atoms with E-state index in [1.807, 2.05) is 60.6 Å². The first-order valence-electron chi connectivity index (χ1n) is 10.3. The molecular weight excluding hydrogens is 374 g/mol. The van der Waals surface area contributed by atoms with Gasteiger partial charge >= 0.3 is 0 Å². The monoisotopic (exact) mass is 399 g/mol. The van der Waals surface area contributed by atoms with Crippen LogP contribution in [0.15, 0.2) is 78.4 Å². The highest BCUT2D eigenvalue weighted by Gasteiger charge is 2.23. The van der Waals surface area contributed by atoms with Crippen molar-refractivity contribution in [3.05, 3.63) is 84.0 Å². The molecule has 30 heavy (non-hydrogen) atoms. The number of carbonyl (C=O) groups is 1. The molecule has 3 aliphatic rings. The van der Waals surface area contributed by atoms with Gasteiger partial charge in [0, 0.05) is 56.1 Å². The molecule has 0 bridgehead atoms. The van der Waals surface area contributed by atoms with Crippen LogP contribution in [0.5, 0.6) is 0 Å². The summed E-state index contributed by atoms with van der Waals surface area (Å²) in [7, 11) is 1.93. The topological polar surface area (TPSA) is 53.4 Å². The van der Waals surface area contributed by atoms with Crippen molar-refractivity contribution in [2.75, 3.05) is 19.6 Å². The summed E-state index contributed by atoms with van der Waals surface area (Å²) in [5.41, 5.74) is 4.92. The van der Waals surface area contributed by atoms with Gasteiger partial charge in [-0.1, -0.05) is 18.2 Å². The number of hydrogen-bond acceptors (Lipinski definition) is 4. The van der Waals surface area contributed by atoms with E-state index >= 15 is 0 Å². The van der Waals surface area contributed by atoms with Crippen LogP contribution >= 0.6 is 0 Å². The zero-order valence-corrected chi connectivity index (χ0v) is 17.2. The molecule has 4 heterocycles. The van der Waals surface area contributed by atoms with E-state index in [0.29, 0.717) is 6.04 Å². The van der Waals surface area contributed by atoms with Crippen molar-refractivity contribution in [2.45, 2.75) is 13.0 Å². The number of hydrogen-bond donors (Lipinski definition) is 1. The summed E-state index contributed by atoms with van der Waals surface area (Å²) < 4.78 is 1.85. The number of piperazine rings is 1. The minimum Gasteiger partial charge on any atom is -0.368 e. The molecule has 1 amide bonds. The molecule has 6 heteroatoms. The normalized spacial score (nSPS) is 24.5. The van der Waals surface area contributed by atoms with E-state index in [2.05, 4.69) is 34.4 Å². The Morgan fingerprint density at radius 1 is 1.17 bits per heavy atom. The summed E-state index contributed by atoms with van der Waals surface area (Å²) in [5, 5.41) is 8.84. The van der Waals surface area contributed by atoms with Crippen LogP contribution in [-0.4, -0.2) is 51.2 Å². The van der Waals surface area contributed by atoms with E-state index in [1.54, 1.807) is 11.0 Å². The number of aromatic nitrogens is 2. The van der Waals surface area contributed by atoms with Gasteiger partial charge in [-0.05, 0) is 48.4 Å². The van der Waals surface area contributed by atoms with Crippen molar-refractivity contribution < 1.29 is 4.79 Å². The molecule has 0 unspecified atom stereocenters. The van der Waals surface area contributed by atoms with Crippen LogP contribution in [0.4, 0.5) is 0 Å². The van der Waals surface area contributed by atoms with Gasteiger partial charge in [0.1, 0.15) is 0 Å². The molecule has 3 aliphatic heterocycles. The van der Waals surface area contributed by atoms with Crippen molar-refractivity contribution in [3.8, 4) is 0 Å². The summed E-state index contributed by atoms with van der Waals surface area (Å²) in [6.45, 7) is 5.01. The molecular formula is C24H25N5O. The lowest BCUT2D eigenvalue weighted by molar-refractivity contribution is -0.122. The van der Waals surface area contributed by atoms with Crippen LogP contribution in [0, 0.1) is 0 Å². The molecule has 5 rings (SSSR count). The highest BCUT2D eigenvalue weighted by Crippen LogP contribution is 2.27. The number of carbonyl (C=O) groups excluding carboxylic acids is 1. The maximum absolute atomic E-state index is 13.2. The molecule has 1 N–H and O–H groups in total. The van der Waals surface area contributed by atoms with Gasteiger partial charge in [0.2, 0.25) is 0 Å². The molecule has 6 nitrogen and oxygen atoms in total. The fourth-order valence-electron chi connectivity index (χ4n) is 4.21. The minimum absolute atomic E-state index is 0.0445. The third-order valence-corrected chi connectivity index (χ3v) is 5.84. The van der Waals surface area contributed by atoms with E-state index in [4.69, 9.17) is 0 Å². The van der Waals surface area contributed by atoms with Gasteiger partial charge in [-0.2, -0.15) is 5.10 Å². The molecule has 152 valence electrons. The van der Waals surface area contributed by atoms with Crippen LogP contribution in [-0.2, 0) is 11.8 Å². The fourth-order valence-corrected chi connectivity index (χ4v) is 4.21. The predicted octanol–water partition coefficient (Wildman–Crippen LogP) is 2.94. The van der Waals surface area contributed by atoms with Crippen molar-refractivity contribution in [3.63, 3.8) is 0 Å². The van der Waals surface area contributed by atoms with E-state index in [1.165, 1.54) is 0 Å². The van der Waals surface area contributed by atoms with E-state index in [0.717, 1.165) is 53.1 Å². The number of nitrogens with one attached hydrogen (secondary N) is 1. The van der Waals surface area contributed by atoms with E-state index < -0.39 is 0 Å². The standard InChI is InChI=1S/C24H25N5O/c1-17-15-28(11-10-25-17)22-8-7-21-5-3-4-18(13-24(30)29(21)16-22)19-6-9-23-20(12-19)14-26-27(23)2/h3-9,12-14,16-17,25H,10-11,15H2,1-2H3/b4-3+,18-13+,21-5?/t17-/m0/s1. The Bertz CT molecular complexity index is 1160. The number of fused-ring (bicyclic) bond motifs is 2. The first kappa shape index (κ1) is 18.6. The molecule has 1 saturated heterocycles. The maximum Gasteiger partial charge on any atom is 0.255 e. The number of nitrogens with zero attached hydrogens (tertiary/aromatic N) is 4. The number of allylic oxidation sites excluding steroid dienone is 6. The molecule has 0 radical (unpaired) electrons. The molecule has 1 atom stereocenters. The second kappa shape index (κ2) is 7.46. The quantitative estimate of drug-likeness (QED) is 0.844. The first-order valence-corrected chi connectivity index (χ1v) is 10.3. The van der Waals surface area contributed by atoms with Crippen LogP contribution in [0.1, 0.15) is 12.5 Å². The van der Waals surface area contributed by atoms with Crippen LogP contribution in [0.2, 0.25) is 0 Å². The summed E-state index contributed by atoms with van der Waals surface area (Å²) in [4.78, 5) is 17.3. The first-order chi connectivity index (χ1) is 14.6. The van der Waals surface area contributed by atoms with Crippen LogP contribution in [0.3, 0.4) is 0 Å². The number of aryl methyl sites for hydroxylation is 1. The van der Waals surface area contributed by atoms with Crippen molar-refractivity contribution in [2.24, 2.45) is 7.05 Å². The number of amides is 1. The molecule has 0 saturated carbocycles. The van der Waals surface area contributed by atoms with Gasteiger partial charge in [-0.3, -0.25) is 14.4 Å². The second-order valence-electron chi connectivity index (χ2n) is 7.99. The second-order valence-corrected chi connectivity index (χ2v) is 7.99. The smallest absolute Gasteiger partial charge is 0.255 e. The summed E-state index contributed by atoms with van der Waals surface area (Å²) in [5.74, 6) is -0.0445. The van der Waals surface area contributed by atoms with Gasteiger partial charge < -0.3 is 10.2 Å².